The molecule has 0 saturated carbocycles. The van der Waals surface area contributed by atoms with E-state index >= 15 is 0 Å². The fourth-order valence-electron chi connectivity index (χ4n) is 2.38. The monoisotopic (exact) mass is 273 g/mol. The molecule has 0 aliphatic carbocycles. The fourth-order valence-corrected chi connectivity index (χ4v) is 2.38. The average Bonchev–Trinajstić information content (AvgIpc) is 2.38. The van der Waals surface area contributed by atoms with Gasteiger partial charge in [-0.3, -0.25) is 4.98 Å². The summed E-state index contributed by atoms with van der Waals surface area (Å²) in [6.07, 6.45) is 2.76. The Morgan fingerprint density at radius 2 is 1.89 bits per heavy atom. The van der Waals surface area contributed by atoms with Gasteiger partial charge in [0.25, 0.3) is 0 Å². The first-order chi connectivity index (χ1) is 9.00. The van der Waals surface area contributed by atoms with Crippen LogP contribution in [0.4, 0.5) is 13.2 Å². The summed E-state index contributed by atoms with van der Waals surface area (Å²) in [5.41, 5.74) is -0.355. The molecule has 0 spiro atoms. The van der Waals surface area contributed by atoms with Crippen molar-refractivity contribution in [1.82, 2.24) is 4.98 Å². The van der Waals surface area contributed by atoms with Crippen molar-refractivity contribution in [3.63, 3.8) is 0 Å². The normalized spacial score (nSPS) is 13.5. The Labute approximate surface area is 113 Å². The van der Waals surface area contributed by atoms with Crippen LogP contribution in [0.5, 0.6) is 0 Å². The molecule has 1 rings (SSSR count). The molecule has 1 nitrogen and oxygen atoms in total. The molecule has 1 aromatic rings. The van der Waals surface area contributed by atoms with Gasteiger partial charge in [-0.1, -0.05) is 45.6 Å². The van der Waals surface area contributed by atoms with E-state index in [4.69, 9.17) is 0 Å². The van der Waals surface area contributed by atoms with E-state index in [1.54, 1.807) is 12.1 Å². The summed E-state index contributed by atoms with van der Waals surface area (Å²) in [6.45, 7) is 4.07. The van der Waals surface area contributed by atoms with Gasteiger partial charge >= 0.3 is 6.18 Å². The summed E-state index contributed by atoms with van der Waals surface area (Å²) >= 11 is 0. The molecule has 1 heterocycles. The topological polar surface area (TPSA) is 12.9 Å². The van der Waals surface area contributed by atoms with Crippen molar-refractivity contribution in [3.05, 3.63) is 29.6 Å². The molecular weight excluding hydrogens is 251 g/mol. The van der Waals surface area contributed by atoms with Gasteiger partial charge in [-0.2, -0.15) is 13.2 Å². The van der Waals surface area contributed by atoms with Crippen molar-refractivity contribution in [1.29, 1.82) is 0 Å². The Kier molecular flexibility index (Phi) is 6.32. The van der Waals surface area contributed by atoms with Crippen molar-refractivity contribution in [3.8, 4) is 0 Å². The predicted molar refractivity (Wildman–Crippen MR) is 71.0 cm³/mol. The number of nitrogens with zero attached hydrogens (tertiary/aromatic N) is 1. The number of alkyl halides is 3. The third-order valence-corrected chi connectivity index (χ3v) is 3.45. The van der Waals surface area contributed by atoms with Gasteiger partial charge in [-0.25, -0.2) is 0 Å². The summed E-state index contributed by atoms with van der Waals surface area (Å²) in [7, 11) is 0. The van der Waals surface area contributed by atoms with Gasteiger partial charge in [0.2, 0.25) is 0 Å². The maximum absolute atomic E-state index is 12.9. The minimum atomic E-state index is -4.35. The lowest BCUT2D eigenvalue weighted by Gasteiger charge is -2.19. The third-order valence-electron chi connectivity index (χ3n) is 3.45. The van der Waals surface area contributed by atoms with Crippen LogP contribution in [-0.2, 0) is 6.18 Å². The second-order valence-electron chi connectivity index (χ2n) is 4.89. The van der Waals surface area contributed by atoms with Crippen LogP contribution >= 0.6 is 0 Å². The highest BCUT2D eigenvalue weighted by Gasteiger charge is 2.36. The zero-order valence-electron chi connectivity index (χ0n) is 11.6. The van der Waals surface area contributed by atoms with Crippen LogP contribution in [0.15, 0.2) is 18.3 Å². The van der Waals surface area contributed by atoms with Crippen molar-refractivity contribution in [2.75, 3.05) is 0 Å². The molecule has 0 amide bonds. The molecule has 0 aliphatic heterocycles. The van der Waals surface area contributed by atoms with Crippen molar-refractivity contribution < 1.29 is 13.2 Å². The van der Waals surface area contributed by atoms with E-state index in [1.165, 1.54) is 6.20 Å². The highest BCUT2D eigenvalue weighted by atomic mass is 19.4. The summed E-state index contributed by atoms with van der Waals surface area (Å²) in [4.78, 5) is 3.54. The second-order valence-corrected chi connectivity index (χ2v) is 4.89. The van der Waals surface area contributed by atoms with Crippen LogP contribution in [0, 0.1) is 0 Å². The number of pyridine rings is 1. The highest BCUT2D eigenvalue weighted by Crippen LogP contribution is 2.36. The van der Waals surface area contributed by atoms with E-state index in [9.17, 15) is 13.2 Å². The fraction of sp³-hybridized carbons (Fsp3) is 0.667. The van der Waals surface area contributed by atoms with Crippen LogP contribution in [0.2, 0.25) is 0 Å². The van der Waals surface area contributed by atoms with Gasteiger partial charge in [0, 0.05) is 6.20 Å². The van der Waals surface area contributed by atoms with Crippen LogP contribution < -0.4 is 0 Å². The highest BCUT2D eigenvalue weighted by molar-refractivity contribution is 5.26. The lowest BCUT2D eigenvalue weighted by molar-refractivity contribution is -0.142. The Balaban J connectivity index is 2.80. The Bertz CT molecular complexity index is 374. The first-order valence-electron chi connectivity index (χ1n) is 7.02. The number of rotatable bonds is 7. The van der Waals surface area contributed by atoms with E-state index in [0.29, 0.717) is 5.56 Å². The molecule has 0 aromatic carbocycles. The average molecular weight is 273 g/mol. The van der Waals surface area contributed by atoms with Crippen molar-refractivity contribution >= 4 is 0 Å². The molecule has 0 radical (unpaired) electrons. The number of unbranched alkanes of at least 4 members (excludes halogenated alkanes) is 3. The van der Waals surface area contributed by atoms with Crippen LogP contribution in [0.1, 0.15) is 69.5 Å². The summed E-state index contributed by atoms with van der Waals surface area (Å²) in [5.74, 6) is -0.0396. The zero-order chi connectivity index (χ0) is 14.3. The smallest absolute Gasteiger partial charge is 0.252 e. The Hall–Kier alpha value is -1.06. The Morgan fingerprint density at radius 3 is 2.47 bits per heavy atom. The third kappa shape index (κ3) is 4.84. The lowest BCUT2D eigenvalue weighted by Crippen LogP contribution is -2.14. The van der Waals surface area contributed by atoms with Gasteiger partial charge < -0.3 is 0 Å². The van der Waals surface area contributed by atoms with Gasteiger partial charge in [0.05, 0.1) is 0 Å². The van der Waals surface area contributed by atoms with Crippen molar-refractivity contribution in [2.24, 2.45) is 0 Å². The number of hydrogen-bond donors (Lipinski definition) is 0. The summed E-state index contributed by atoms with van der Waals surface area (Å²) in [5, 5.41) is 0. The molecule has 0 bridgehead atoms. The van der Waals surface area contributed by atoms with E-state index in [1.807, 2.05) is 6.92 Å². The molecular formula is C15H22F3N. The molecule has 0 N–H and O–H groups in total. The van der Waals surface area contributed by atoms with E-state index < -0.39 is 11.9 Å². The van der Waals surface area contributed by atoms with Gasteiger partial charge in [-0.05, 0) is 30.4 Å². The minimum absolute atomic E-state index is 0.0396. The van der Waals surface area contributed by atoms with Crippen LogP contribution in [0.25, 0.3) is 0 Å². The van der Waals surface area contributed by atoms with Gasteiger partial charge in [0.15, 0.2) is 0 Å². The van der Waals surface area contributed by atoms with E-state index in [0.717, 1.165) is 38.5 Å². The van der Waals surface area contributed by atoms with E-state index in [-0.39, 0.29) is 5.92 Å². The van der Waals surface area contributed by atoms with Gasteiger partial charge in [0.1, 0.15) is 5.69 Å². The van der Waals surface area contributed by atoms with Crippen LogP contribution in [0.3, 0.4) is 0 Å². The molecule has 108 valence electrons. The molecule has 0 aliphatic rings. The van der Waals surface area contributed by atoms with E-state index in [2.05, 4.69) is 11.9 Å². The zero-order valence-corrected chi connectivity index (χ0v) is 11.6. The maximum Gasteiger partial charge on any atom is 0.433 e. The first kappa shape index (κ1) is 16.0. The van der Waals surface area contributed by atoms with Crippen molar-refractivity contribution in [2.45, 2.75) is 64.5 Å². The quantitative estimate of drug-likeness (QED) is 0.592. The molecule has 1 unspecified atom stereocenters. The maximum atomic E-state index is 12.9. The minimum Gasteiger partial charge on any atom is -0.252 e. The summed E-state index contributed by atoms with van der Waals surface area (Å²) < 4.78 is 38.8. The number of aromatic nitrogens is 1. The molecule has 0 saturated heterocycles. The Morgan fingerprint density at radius 1 is 1.16 bits per heavy atom. The SMILES string of the molecule is CCCCCCC(CC)c1cccnc1C(F)(F)F. The van der Waals surface area contributed by atoms with Crippen LogP contribution in [-0.4, -0.2) is 4.98 Å². The standard InChI is InChI=1S/C15H22F3N/c1-3-5-6-7-9-12(4-2)13-10-8-11-19-14(13)15(16,17)18/h8,10-12H,3-7,9H2,1-2H3. The second kappa shape index (κ2) is 7.51. The number of hydrogen-bond acceptors (Lipinski definition) is 1. The largest absolute Gasteiger partial charge is 0.433 e. The molecule has 19 heavy (non-hydrogen) atoms. The lowest BCUT2D eigenvalue weighted by atomic mass is 9.89. The number of halogens is 3. The molecule has 1 atom stereocenters. The first-order valence-corrected chi connectivity index (χ1v) is 7.02. The molecule has 0 fully saturated rings. The summed E-state index contributed by atoms with van der Waals surface area (Å²) in [6, 6.07) is 3.17. The molecule has 4 heteroatoms. The molecule has 1 aromatic heterocycles. The predicted octanol–water partition coefficient (Wildman–Crippen LogP) is 5.56. The van der Waals surface area contributed by atoms with Gasteiger partial charge in [-0.15, -0.1) is 0 Å².